The predicted octanol–water partition coefficient (Wildman–Crippen LogP) is -0.162. The Kier molecular flexibility index (Phi) is 10.2. The van der Waals surface area contributed by atoms with Gasteiger partial charge in [-0.3, -0.25) is 58.8 Å². The lowest BCUT2D eigenvalue weighted by molar-refractivity contribution is -0.137. The zero-order valence-corrected chi connectivity index (χ0v) is 28.8. The smallest absolute Gasteiger partial charge is 0.264 e. The van der Waals surface area contributed by atoms with Crippen LogP contribution >= 0.6 is 0 Å². The van der Waals surface area contributed by atoms with Crippen LogP contribution in [0.2, 0.25) is 0 Å². The largest absolute Gasteiger partial charge is 0.382 e. The zero-order valence-electron chi connectivity index (χ0n) is 28.8. The number of carbonyl (C=O) groups excluding carboxylic acids is 8. The minimum atomic E-state index is -1.06. The fourth-order valence-corrected chi connectivity index (χ4v) is 6.78. The average Bonchev–Trinajstić information content (AvgIpc) is 3.79. The van der Waals surface area contributed by atoms with E-state index in [4.69, 9.17) is 9.47 Å². The lowest BCUT2D eigenvalue weighted by Crippen LogP contribution is -2.54. The van der Waals surface area contributed by atoms with E-state index in [0.717, 1.165) is 9.80 Å². The van der Waals surface area contributed by atoms with Crippen molar-refractivity contribution in [2.24, 2.45) is 0 Å². The molecule has 19 heteroatoms. The van der Waals surface area contributed by atoms with Gasteiger partial charge in [0.15, 0.2) is 0 Å². The molecule has 5 heterocycles. The molecular formula is C35H35N9O10. The Morgan fingerprint density at radius 2 is 1.20 bits per heavy atom. The topological polar surface area (TPSA) is 240 Å². The van der Waals surface area contributed by atoms with E-state index in [-0.39, 0.29) is 61.1 Å². The van der Waals surface area contributed by atoms with Crippen LogP contribution in [0.5, 0.6) is 0 Å². The van der Waals surface area contributed by atoms with Gasteiger partial charge in [0.1, 0.15) is 17.8 Å². The molecule has 2 unspecified atom stereocenters. The highest BCUT2D eigenvalue weighted by Gasteiger charge is 2.47. The van der Waals surface area contributed by atoms with Crippen LogP contribution in [-0.4, -0.2) is 117 Å². The van der Waals surface area contributed by atoms with Crippen molar-refractivity contribution < 1.29 is 47.8 Å². The van der Waals surface area contributed by atoms with Crippen molar-refractivity contribution in [2.45, 2.75) is 50.9 Å². The van der Waals surface area contributed by atoms with Crippen molar-refractivity contribution in [3.05, 3.63) is 70.5 Å². The van der Waals surface area contributed by atoms with Gasteiger partial charge in [0.2, 0.25) is 23.6 Å². The van der Waals surface area contributed by atoms with Gasteiger partial charge in [-0.2, -0.15) is 0 Å². The Morgan fingerprint density at radius 1 is 0.667 bits per heavy atom. The first-order valence-corrected chi connectivity index (χ1v) is 17.3. The van der Waals surface area contributed by atoms with E-state index >= 15 is 0 Å². The van der Waals surface area contributed by atoms with Crippen molar-refractivity contribution in [2.75, 3.05) is 43.6 Å². The van der Waals surface area contributed by atoms with Crippen LogP contribution in [0.25, 0.3) is 0 Å². The second-order valence-corrected chi connectivity index (χ2v) is 12.8. The molecule has 3 aromatic rings. The van der Waals surface area contributed by atoms with Crippen molar-refractivity contribution in [1.82, 2.24) is 35.4 Å². The van der Waals surface area contributed by atoms with Crippen LogP contribution in [0.15, 0.2) is 42.6 Å². The normalized spacial score (nSPS) is 19.6. The third-order valence-electron chi connectivity index (χ3n) is 9.38. The molecule has 2 saturated heterocycles. The van der Waals surface area contributed by atoms with Crippen LogP contribution in [0, 0.1) is 0 Å². The number of hydrogen-bond acceptors (Lipinski definition) is 14. The second-order valence-electron chi connectivity index (χ2n) is 12.8. The maximum absolute atomic E-state index is 13.3. The Morgan fingerprint density at radius 3 is 1.76 bits per heavy atom. The number of benzene rings is 2. The molecule has 54 heavy (non-hydrogen) atoms. The van der Waals surface area contributed by atoms with Crippen LogP contribution in [0.4, 0.5) is 11.4 Å². The quantitative estimate of drug-likeness (QED) is 0.117. The molecule has 0 bridgehead atoms. The highest BCUT2D eigenvalue weighted by Crippen LogP contribution is 2.34. The van der Waals surface area contributed by atoms with E-state index in [1.54, 1.807) is 35.1 Å². The van der Waals surface area contributed by atoms with Crippen molar-refractivity contribution in [1.29, 1.82) is 0 Å². The lowest BCUT2D eigenvalue weighted by Gasteiger charge is -2.27. The first kappa shape index (κ1) is 36.0. The number of aromatic nitrogens is 3. The van der Waals surface area contributed by atoms with E-state index in [2.05, 4.69) is 31.6 Å². The fraction of sp³-hybridized carbons (Fsp3) is 0.371. The minimum Gasteiger partial charge on any atom is -0.382 e. The van der Waals surface area contributed by atoms with E-state index in [0.29, 0.717) is 50.0 Å². The van der Waals surface area contributed by atoms with Crippen LogP contribution < -0.4 is 21.3 Å². The summed E-state index contributed by atoms with van der Waals surface area (Å²) in [5.74, 6) is -4.58. The molecule has 0 radical (unpaired) electrons. The Balaban J connectivity index is 0.810. The minimum absolute atomic E-state index is 0.0341. The number of ether oxygens (including phenoxy) is 2. The summed E-state index contributed by atoms with van der Waals surface area (Å²) in [5.41, 5.74) is 2.10. The molecule has 4 aliphatic rings. The predicted molar refractivity (Wildman–Crippen MR) is 184 cm³/mol. The van der Waals surface area contributed by atoms with E-state index in [9.17, 15) is 38.4 Å². The molecule has 4 N–H and O–H groups in total. The summed E-state index contributed by atoms with van der Waals surface area (Å²) >= 11 is 0. The van der Waals surface area contributed by atoms with E-state index < -0.39 is 59.3 Å². The lowest BCUT2D eigenvalue weighted by atomic mass is 10.0. The van der Waals surface area contributed by atoms with Crippen molar-refractivity contribution in [3.63, 3.8) is 0 Å². The average molecular weight is 742 g/mol. The fourth-order valence-electron chi connectivity index (χ4n) is 6.78. The van der Waals surface area contributed by atoms with Gasteiger partial charge in [-0.1, -0.05) is 17.3 Å². The highest BCUT2D eigenvalue weighted by atomic mass is 16.5. The summed E-state index contributed by atoms with van der Waals surface area (Å²) in [5, 5.41) is 18.9. The third kappa shape index (κ3) is 7.05. The molecule has 7 rings (SSSR count). The van der Waals surface area contributed by atoms with Gasteiger partial charge in [0, 0.05) is 30.8 Å². The summed E-state index contributed by atoms with van der Waals surface area (Å²) in [6, 6.07) is 7.56. The summed E-state index contributed by atoms with van der Waals surface area (Å²) in [6.07, 6.45) is 1.94. The number of nitrogens with zero attached hydrogens (tertiary/aromatic N) is 5. The van der Waals surface area contributed by atoms with Crippen LogP contribution in [0.3, 0.4) is 0 Å². The molecule has 8 amide bonds. The first-order chi connectivity index (χ1) is 26.1. The number of imide groups is 4. The molecular weight excluding hydrogens is 706 g/mol. The van der Waals surface area contributed by atoms with Gasteiger partial charge in [-0.15, -0.1) is 5.10 Å². The first-order valence-electron chi connectivity index (χ1n) is 17.3. The third-order valence-corrected chi connectivity index (χ3v) is 9.38. The SMILES string of the molecule is O=C1CCC(N2C(=O)c3cccc(NCCOCCOCCn4cc(CNc5cccc6c5C(=O)N(C5CCC(=O)NC5=O)C6=O)nn4)c3C2=O)C(=O)N1. The number of hydrogen-bond donors (Lipinski definition) is 4. The number of amides is 8. The monoisotopic (exact) mass is 741 g/mol. The van der Waals surface area contributed by atoms with Crippen LogP contribution in [0.1, 0.15) is 72.8 Å². The number of nitrogens with one attached hydrogen (secondary N) is 4. The van der Waals surface area contributed by atoms with Crippen LogP contribution in [-0.2, 0) is 41.7 Å². The molecule has 1 aromatic heterocycles. The molecule has 0 spiro atoms. The summed E-state index contributed by atoms with van der Waals surface area (Å²) in [4.78, 5) is 102. The van der Waals surface area contributed by atoms with Gasteiger partial charge in [0.25, 0.3) is 23.6 Å². The summed E-state index contributed by atoms with van der Waals surface area (Å²) in [7, 11) is 0. The molecule has 2 aromatic carbocycles. The molecule has 280 valence electrons. The van der Waals surface area contributed by atoms with E-state index in [1.807, 2.05) is 0 Å². The van der Waals surface area contributed by atoms with Gasteiger partial charge in [-0.05, 0) is 37.1 Å². The number of rotatable bonds is 15. The second kappa shape index (κ2) is 15.3. The van der Waals surface area contributed by atoms with Crippen molar-refractivity contribution in [3.8, 4) is 0 Å². The van der Waals surface area contributed by atoms with Gasteiger partial charge in [-0.25, -0.2) is 4.68 Å². The molecule has 19 nitrogen and oxygen atoms in total. The zero-order chi connectivity index (χ0) is 37.9. The number of carbonyl (C=O) groups is 8. The molecule has 2 fully saturated rings. The molecule has 4 aliphatic heterocycles. The number of piperidine rings is 2. The number of fused-ring (bicyclic) bond motifs is 2. The molecule has 0 aliphatic carbocycles. The molecule has 2 atom stereocenters. The van der Waals surface area contributed by atoms with Gasteiger partial charge >= 0.3 is 0 Å². The van der Waals surface area contributed by atoms with E-state index in [1.165, 1.54) is 12.1 Å². The maximum atomic E-state index is 13.3. The Hall–Kier alpha value is -6.34. The van der Waals surface area contributed by atoms with Crippen molar-refractivity contribution >= 4 is 58.6 Å². The Labute approximate surface area is 306 Å². The Bertz CT molecular complexity index is 2080. The number of anilines is 2. The molecule has 0 saturated carbocycles. The summed E-state index contributed by atoms with van der Waals surface area (Å²) < 4.78 is 12.9. The summed E-state index contributed by atoms with van der Waals surface area (Å²) in [6.45, 7) is 2.15. The standard InChI is InChI=1S/C35H35N9O10/c45-26-9-7-24(30(47)38-26)43-32(49)20-3-1-5-22(28(20)34(43)51)36-11-13-53-15-16-54-14-12-42-18-19(40-41-42)17-37-23-6-2-4-21-29(23)35(52)44(33(21)50)25-8-10-27(46)39-31(25)48/h1-6,18,24-25,36-37H,7-17H2,(H,38,45,47)(H,39,46,48). The maximum Gasteiger partial charge on any atom is 0.264 e. The van der Waals surface area contributed by atoms with Gasteiger partial charge < -0.3 is 20.1 Å². The highest BCUT2D eigenvalue weighted by molar-refractivity contribution is 6.26. The van der Waals surface area contributed by atoms with Gasteiger partial charge in [0.05, 0.1) is 68.0 Å².